The predicted molar refractivity (Wildman–Crippen MR) is 117 cm³/mol. The molecular weight excluding hydrogens is 386 g/mol. The zero-order chi connectivity index (χ0) is 20.9. The lowest BCUT2D eigenvalue weighted by Gasteiger charge is -2.36. The van der Waals surface area contributed by atoms with Gasteiger partial charge in [0.05, 0.1) is 0 Å². The molecule has 2 aliphatic heterocycles. The number of halogens is 1. The van der Waals surface area contributed by atoms with Gasteiger partial charge in [0.1, 0.15) is 0 Å². The van der Waals surface area contributed by atoms with Gasteiger partial charge in [-0.3, -0.25) is 4.79 Å². The highest BCUT2D eigenvalue weighted by molar-refractivity contribution is 6.30. The number of urea groups is 1. The van der Waals surface area contributed by atoms with Gasteiger partial charge in [-0.1, -0.05) is 37.6 Å². The first-order valence-corrected chi connectivity index (χ1v) is 11.4. The van der Waals surface area contributed by atoms with Crippen LogP contribution in [0.3, 0.4) is 0 Å². The number of carbonyl (C=O) groups excluding carboxylic acids is 2. The highest BCUT2D eigenvalue weighted by Crippen LogP contribution is 2.32. The summed E-state index contributed by atoms with van der Waals surface area (Å²) >= 11 is 6.05. The fourth-order valence-electron chi connectivity index (χ4n) is 4.66. The molecule has 0 bridgehead atoms. The topological polar surface area (TPSA) is 52.7 Å². The number of rotatable bonds is 6. The lowest BCUT2D eigenvalue weighted by Crippen LogP contribution is -2.49. The summed E-state index contributed by atoms with van der Waals surface area (Å²) < 4.78 is 0. The van der Waals surface area contributed by atoms with Crippen molar-refractivity contribution in [3.63, 3.8) is 0 Å². The van der Waals surface area contributed by atoms with E-state index in [2.05, 4.69) is 31.3 Å². The molecule has 3 rings (SSSR count). The normalized spacial score (nSPS) is 18.2. The molecule has 0 saturated carbocycles. The first-order chi connectivity index (χ1) is 14.0. The maximum Gasteiger partial charge on any atom is 0.319 e. The van der Waals surface area contributed by atoms with Crippen molar-refractivity contribution in [1.82, 2.24) is 15.1 Å². The Bertz CT molecular complexity index is 689. The Labute approximate surface area is 179 Å². The summed E-state index contributed by atoms with van der Waals surface area (Å²) in [6.45, 7) is 8.08. The van der Waals surface area contributed by atoms with Gasteiger partial charge in [-0.2, -0.15) is 0 Å². The Hall–Kier alpha value is -1.75. The van der Waals surface area contributed by atoms with Crippen molar-refractivity contribution in [2.45, 2.75) is 57.8 Å². The number of hydrogen-bond acceptors (Lipinski definition) is 2. The molecule has 2 fully saturated rings. The van der Waals surface area contributed by atoms with E-state index in [9.17, 15) is 9.59 Å². The van der Waals surface area contributed by atoms with E-state index in [1.54, 1.807) is 0 Å². The number of piperidine rings is 1. The zero-order valence-electron chi connectivity index (χ0n) is 17.8. The number of nitrogens with zero attached hydrogens (tertiary/aromatic N) is 2. The zero-order valence-corrected chi connectivity index (χ0v) is 18.5. The molecule has 0 radical (unpaired) electrons. The molecule has 0 atom stereocenters. The van der Waals surface area contributed by atoms with Crippen LogP contribution in [-0.4, -0.2) is 54.5 Å². The van der Waals surface area contributed by atoms with Crippen LogP contribution in [0.1, 0.15) is 57.9 Å². The predicted octanol–water partition coefficient (Wildman–Crippen LogP) is 4.44. The monoisotopic (exact) mass is 419 g/mol. The summed E-state index contributed by atoms with van der Waals surface area (Å²) in [5.74, 6) is 0.118. The van der Waals surface area contributed by atoms with E-state index in [0.29, 0.717) is 19.6 Å². The summed E-state index contributed by atoms with van der Waals surface area (Å²) in [4.78, 5) is 29.3. The number of nitrogens with one attached hydrogen (secondary N) is 1. The van der Waals surface area contributed by atoms with Crippen molar-refractivity contribution in [2.75, 3.05) is 32.7 Å². The molecular formula is C23H34ClN3O2. The molecule has 29 heavy (non-hydrogen) atoms. The molecule has 2 heterocycles. The highest BCUT2D eigenvalue weighted by Gasteiger charge is 2.33. The molecule has 0 aromatic heterocycles. The van der Waals surface area contributed by atoms with Crippen LogP contribution in [0.5, 0.6) is 0 Å². The molecule has 0 aliphatic carbocycles. The number of amides is 3. The minimum atomic E-state index is -0.0767. The first kappa shape index (κ1) is 21.9. The van der Waals surface area contributed by atoms with E-state index < -0.39 is 0 Å². The van der Waals surface area contributed by atoms with E-state index >= 15 is 0 Å². The average molecular weight is 420 g/mol. The number of hydrogen-bond donors (Lipinski definition) is 1. The van der Waals surface area contributed by atoms with Crippen molar-refractivity contribution in [3.05, 3.63) is 34.9 Å². The van der Waals surface area contributed by atoms with E-state index in [1.165, 1.54) is 5.56 Å². The molecule has 1 aromatic rings. The summed E-state index contributed by atoms with van der Waals surface area (Å²) in [6, 6.07) is 8.14. The minimum absolute atomic E-state index is 0.00532. The van der Waals surface area contributed by atoms with Crippen LogP contribution in [0.25, 0.3) is 0 Å². The standard InChI is InChI=1S/C23H34ClN3O2/c1-3-23(4-2,19-7-9-20(24)10-8-19)17-25-21(28)18-11-15-27(16-12-18)22(29)26-13-5-6-14-26/h7-10,18H,3-6,11-17H2,1-2H3,(H,25,28). The van der Waals surface area contributed by atoms with E-state index in [0.717, 1.165) is 56.6 Å². The molecule has 2 saturated heterocycles. The largest absolute Gasteiger partial charge is 0.355 e. The highest BCUT2D eigenvalue weighted by atomic mass is 35.5. The van der Waals surface area contributed by atoms with Gasteiger partial charge in [-0.15, -0.1) is 0 Å². The summed E-state index contributed by atoms with van der Waals surface area (Å²) in [7, 11) is 0. The van der Waals surface area contributed by atoms with Crippen molar-refractivity contribution in [2.24, 2.45) is 5.92 Å². The number of carbonyl (C=O) groups is 2. The Morgan fingerprint density at radius 1 is 1.00 bits per heavy atom. The van der Waals surface area contributed by atoms with Gasteiger partial charge >= 0.3 is 6.03 Å². The third-order valence-corrected chi connectivity index (χ3v) is 7.18. The third kappa shape index (κ3) is 5.06. The van der Waals surface area contributed by atoms with E-state index in [4.69, 9.17) is 11.6 Å². The van der Waals surface area contributed by atoms with Crippen molar-refractivity contribution >= 4 is 23.5 Å². The Kier molecular flexibility index (Phi) is 7.44. The second-order valence-electron chi connectivity index (χ2n) is 8.45. The summed E-state index contributed by atoms with van der Waals surface area (Å²) in [5, 5.41) is 3.95. The maximum absolute atomic E-state index is 12.8. The van der Waals surface area contributed by atoms with Gasteiger partial charge in [-0.25, -0.2) is 4.79 Å². The molecule has 5 nitrogen and oxygen atoms in total. The summed E-state index contributed by atoms with van der Waals surface area (Å²) in [5.41, 5.74) is 1.14. The van der Waals surface area contributed by atoms with Gasteiger partial charge in [0, 0.05) is 49.1 Å². The summed E-state index contributed by atoms with van der Waals surface area (Å²) in [6.07, 6.45) is 5.61. The second kappa shape index (κ2) is 9.84. The maximum atomic E-state index is 12.8. The first-order valence-electron chi connectivity index (χ1n) is 11.1. The molecule has 1 aromatic carbocycles. The van der Waals surface area contributed by atoms with Crippen LogP contribution in [0.2, 0.25) is 5.02 Å². The fourth-order valence-corrected chi connectivity index (χ4v) is 4.78. The minimum Gasteiger partial charge on any atom is -0.355 e. The van der Waals surface area contributed by atoms with Crippen LogP contribution < -0.4 is 5.32 Å². The smallest absolute Gasteiger partial charge is 0.319 e. The number of likely N-dealkylation sites (tertiary alicyclic amines) is 2. The number of benzene rings is 1. The lowest BCUT2D eigenvalue weighted by atomic mass is 9.75. The molecule has 0 unspecified atom stereocenters. The van der Waals surface area contributed by atoms with Crippen LogP contribution in [0, 0.1) is 5.92 Å². The fraction of sp³-hybridized carbons (Fsp3) is 0.652. The van der Waals surface area contributed by atoms with Gasteiger partial charge in [0.2, 0.25) is 5.91 Å². The molecule has 1 N–H and O–H groups in total. The Morgan fingerprint density at radius 2 is 1.55 bits per heavy atom. The van der Waals surface area contributed by atoms with Crippen LogP contribution in [0.4, 0.5) is 4.79 Å². The molecule has 6 heteroatoms. The van der Waals surface area contributed by atoms with Crippen molar-refractivity contribution < 1.29 is 9.59 Å². The van der Waals surface area contributed by atoms with Gasteiger partial charge in [-0.05, 0) is 56.2 Å². The van der Waals surface area contributed by atoms with E-state index in [1.807, 2.05) is 21.9 Å². The van der Waals surface area contributed by atoms with Crippen molar-refractivity contribution in [3.8, 4) is 0 Å². The van der Waals surface area contributed by atoms with Crippen LogP contribution in [0.15, 0.2) is 24.3 Å². The SMILES string of the molecule is CCC(CC)(CNC(=O)C1CCN(C(=O)N2CCCC2)CC1)c1ccc(Cl)cc1. The van der Waals surface area contributed by atoms with E-state index in [-0.39, 0.29) is 23.3 Å². The van der Waals surface area contributed by atoms with Crippen molar-refractivity contribution in [1.29, 1.82) is 0 Å². The van der Waals surface area contributed by atoms with Crippen LogP contribution >= 0.6 is 11.6 Å². The van der Waals surface area contributed by atoms with Gasteiger partial charge < -0.3 is 15.1 Å². The second-order valence-corrected chi connectivity index (χ2v) is 8.89. The van der Waals surface area contributed by atoms with Crippen LogP contribution in [-0.2, 0) is 10.2 Å². The molecule has 2 aliphatic rings. The van der Waals surface area contributed by atoms with Gasteiger partial charge in [0.15, 0.2) is 0 Å². The third-order valence-electron chi connectivity index (χ3n) is 6.92. The molecule has 3 amide bonds. The average Bonchev–Trinajstić information content (AvgIpc) is 3.30. The quantitative estimate of drug-likeness (QED) is 0.740. The molecule has 0 spiro atoms. The lowest BCUT2D eigenvalue weighted by molar-refractivity contribution is -0.126. The molecule has 160 valence electrons. The van der Waals surface area contributed by atoms with Gasteiger partial charge in [0.25, 0.3) is 0 Å². The Morgan fingerprint density at radius 3 is 2.10 bits per heavy atom. The Balaban J connectivity index is 1.53.